The van der Waals surface area contributed by atoms with E-state index < -0.39 is 20.3 Å². The minimum atomic E-state index is -1.85. The van der Waals surface area contributed by atoms with Gasteiger partial charge in [0.25, 0.3) is 0 Å². The lowest BCUT2D eigenvalue weighted by atomic mass is 9.87. The normalized spacial score (nSPS) is 21.7. The first-order chi connectivity index (χ1) is 13.6. The van der Waals surface area contributed by atoms with Crippen LogP contribution in [0.3, 0.4) is 0 Å². The smallest absolute Gasteiger partial charge is 0.305 e. The van der Waals surface area contributed by atoms with Gasteiger partial charge in [0.2, 0.25) is 0 Å². The van der Waals surface area contributed by atoms with Crippen molar-refractivity contribution in [2.24, 2.45) is 11.8 Å². The van der Waals surface area contributed by atoms with Crippen molar-refractivity contribution in [2.75, 3.05) is 13.7 Å². The summed E-state index contributed by atoms with van der Waals surface area (Å²) in [5.74, 6) is -0.629. The maximum Gasteiger partial charge on any atom is 0.305 e. The van der Waals surface area contributed by atoms with Crippen LogP contribution in [0.1, 0.15) is 73.6 Å². The van der Waals surface area contributed by atoms with E-state index in [4.69, 9.17) is 4.43 Å². The highest BCUT2D eigenvalue weighted by Gasteiger charge is 2.44. The summed E-state index contributed by atoms with van der Waals surface area (Å²) in [6.07, 6.45) is 5.86. The molecular formula is C23H42O5Si. The van der Waals surface area contributed by atoms with Crippen LogP contribution in [0.5, 0.6) is 0 Å². The molecule has 0 saturated heterocycles. The zero-order chi connectivity index (χ0) is 22.2. The van der Waals surface area contributed by atoms with Gasteiger partial charge >= 0.3 is 5.97 Å². The van der Waals surface area contributed by atoms with E-state index in [0.717, 1.165) is 12.8 Å². The van der Waals surface area contributed by atoms with Crippen molar-refractivity contribution in [1.82, 2.24) is 0 Å². The SMILES string of the molecule is COC(=O)CCC(O)[C@H]1C(=O)CC[C@@H]1/C=C/CCO[Si](C(C)C)(C(C)C)C(C)C. The first kappa shape index (κ1) is 26.1. The molecule has 0 bridgehead atoms. The molecule has 0 spiro atoms. The Morgan fingerprint density at radius 3 is 2.28 bits per heavy atom. The third-order valence-corrected chi connectivity index (χ3v) is 12.7. The Bertz CT molecular complexity index is 534. The number of allylic oxidation sites excluding steroid dienone is 1. The minimum absolute atomic E-state index is 0.0393. The highest BCUT2D eigenvalue weighted by Crippen LogP contribution is 2.42. The van der Waals surface area contributed by atoms with E-state index in [2.05, 4.69) is 58.4 Å². The second kappa shape index (κ2) is 12.0. The van der Waals surface area contributed by atoms with E-state index >= 15 is 0 Å². The topological polar surface area (TPSA) is 72.8 Å². The summed E-state index contributed by atoms with van der Waals surface area (Å²) >= 11 is 0. The number of aliphatic hydroxyl groups excluding tert-OH is 1. The van der Waals surface area contributed by atoms with Crippen molar-refractivity contribution in [2.45, 2.75) is 96.4 Å². The van der Waals surface area contributed by atoms with Gasteiger partial charge in [0, 0.05) is 25.4 Å². The first-order valence-electron chi connectivity index (χ1n) is 11.2. The van der Waals surface area contributed by atoms with Crippen molar-refractivity contribution in [3.8, 4) is 0 Å². The van der Waals surface area contributed by atoms with E-state index in [1.807, 2.05) is 0 Å². The van der Waals surface area contributed by atoms with Gasteiger partial charge in [-0.25, -0.2) is 0 Å². The molecule has 0 aliphatic heterocycles. The monoisotopic (exact) mass is 426 g/mol. The van der Waals surface area contributed by atoms with Crippen molar-refractivity contribution in [3.05, 3.63) is 12.2 Å². The van der Waals surface area contributed by atoms with Gasteiger partial charge < -0.3 is 14.3 Å². The number of methoxy groups -OCH3 is 1. The zero-order valence-electron chi connectivity index (χ0n) is 19.4. The van der Waals surface area contributed by atoms with Crippen LogP contribution in [0.15, 0.2) is 12.2 Å². The second-order valence-corrected chi connectivity index (χ2v) is 14.7. The Hall–Kier alpha value is -0.983. The van der Waals surface area contributed by atoms with E-state index in [-0.39, 0.29) is 30.5 Å². The molecule has 168 valence electrons. The van der Waals surface area contributed by atoms with E-state index in [0.29, 0.717) is 29.7 Å². The van der Waals surface area contributed by atoms with Gasteiger partial charge in [0.1, 0.15) is 5.78 Å². The van der Waals surface area contributed by atoms with Gasteiger partial charge in [-0.05, 0) is 41.8 Å². The lowest BCUT2D eigenvalue weighted by Crippen LogP contribution is -2.47. The van der Waals surface area contributed by atoms with Crippen LogP contribution in [0, 0.1) is 11.8 Å². The number of aliphatic hydroxyl groups is 1. The summed E-state index contributed by atoms with van der Waals surface area (Å²) < 4.78 is 11.2. The van der Waals surface area contributed by atoms with Crippen LogP contribution in [0.25, 0.3) is 0 Å². The number of rotatable bonds is 12. The zero-order valence-corrected chi connectivity index (χ0v) is 20.4. The van der Waals surface area contributed by atoms with E-state index in [9.17, 15) is 14.7 Å². The molecule has 0 aromatic rings. The van der Waals surface area contributed by atoms with Crippen LogP contribution in [0.4, 0.5) is 0 Å². The minimum Gasteiger partial charge on any atom is -0.469 e. The molecule has 0 aromatic heterocycles. The summed E-state index contributed by atoms with van der Waals surface area (Å²) in [6, 6.07) is 0. The van der Waals surface area contributed by atoms with Crippen LogP contribution >= 0.6 is 0 Å². The average molecular weight is 427 g/mol. The molecule has 6 heteroatoms. The number of Topliss-reactive ketones (excluding diaryl/α,β-unsaturated/α-hetero) is 1. The predicted molar refractivity (Wildman–Crippen MR) is 119 cm³/mol. The molecule has 1 N–H and O–H groups in total. The number of hydrogen-bond donors (Lipinski definition) is 1. The maximum absolute atomic E-state index is 12.3. The average Bonchev–Trinajstić information content (AvgIpc) is 3.01. The van der Waals surface area contributed by atoms with Gasteiger partial charge in [0.15, 0.2) is 8.32 Å². The third kappa shape index (κ3) is 6.76. The fraction of sp³-hybridized carbons (Fsp3) is 0.826. The molecular weight excluding hydrogens is 384 g/mol. The number of hydrogen-bond acceptors (Lipinski definition) is 5. The molecule has 0 aromatic carbocycles. The third-order valence-electron chi connectivity index (χ3n) is 6.57. The molecule has 29 heavy (non-hydrogen) atoms. The van der Waals surface area contributed by atoms with Gasteiger partial charge in [-0.3, -0.25) is 9.59 Å². The second-order valence-electron chi connectivity index (χ2n) is 9.26. The van der Waals surface area contributed by atoms with Crippen molar-refractivity contribution in [1.29, 1.82) is 0 Å². The Kier molecular flexibility index (Phi) is 10.8. The van der Waals surface area contributed by atoms with E-state index in [1.165, 1.54) is 7.11 Å². The molecule has 1 unspecified atom stereocenters. The molecule has 1 fully saturated rings. The number of ketones is 1. The van der Waals surface area contributed by atoms with Crippen LogP contribution < -0.4 is 0 Å². The first-order valence-corrected chi connectivity index (χ1v) is 13.3. The Morgan fingerprint density at radius 1 is 1.17 bits per heavy atom. The molecule has 0 radical (unpaired) electrons. The van der Waals surface area contributed by atoms with Crippen LogP contribution in [0.2, 0.25) is 16.6 Å². The summed E-state index contributed by atoms with van der Waals surface area (Å²) in [6.45, 7) is 14.4. The molecule has 5 nitrogen and oxygen atoms in total. The largest absolute Gasteiger partial charge is 0.469 e. The lowest BCUT2D eigenvalue weighted by Gasteiger charge is -2.42. The highest BCUT2D eigenvalue weighted by molar-refractivity contribution is 6.77. The van der Waals surface area contributed by atoms with Crippen molar-refractivity contribution in [3.63, 3.8) is 0 Å². The highest BCUT2D eigenvalue weighted by atomic mass is 28.4. The summed E-state index contributed by atoms with van der Waals surface area (Å²) in [5, 5.41) is 10.4. The van der Waals surface area contributed by atoms with Gasteiger partial charge in [0.05, 0.1) is 13.2 Å². The Balaban J connectivity index is 2.63. The molecule has 1 aliphatic rings. The van der Waals surface area contributed by atoms with Crippen LogP contribution in [-0.4, -0.2) is 45.0 Å². The lowest BCUT2D eigenvalue weighted by molar-refractivity contribution is -0.142. The van der Waals surface area contributed by atoms with E-state index in [1.54, 1.807) is 0 Å². The van der Waals surface area contributed by atoms with Gasteiger partial charge in [-0.2, -0.15) is 0 Å². The molecule has 3 atom stereocenters. The number of carbonyl (C=O) groups is 2. The fourth-order valence-electron chi connectivity index (χ4n) is 5.23. The molecule has 1 aliphatic carbocycles. The molecule has 1 saturated carbocycles. The number of esters is 1. The molecule has 0 amide bonds. The predicted octanol–water partition coefficient (Wildman–Crippen LogP) is 5.03. The Morgan fingerprint density at radius 2 is 1.76 bits per heavy atom. The van der Waals surface area contributed by atoms with Crippen LogP contribution in [-0.2, 0) is 18.8 Å². The quantitative estimate of drug-likeness (QED) is 0.205. The summed E-state index contributed by atoms with van der Waals surface area (Å²) in [4.78, 5) is 23.6. The maximum atomic E-state index is 12.3. The standard InChI is InChI=1S/C23H42O5Si/c1-16(2)29(17(3)4,18(5)6)28-15-9-8-10-19-11-12-20(24)23(19)21(25)13-14-22(26)27-7/h8,10,16-19,21,23,25H,9,11-15H2,1-7H3/b10-8+/t19-,21?,23+/m0/s1. The van der Waals surface area contributed by atoms with Gasteiger partial charge in [-0.1, -0.05) is 53.7 Å². The molecule has 0 heterocycles. The fourth-order valence-corrected chi connectivity index (χ4v) is 10.7. The summed E-state index contributed by atoms with van der Waals surface area (Å²) in [5.41, 5.74) is 1.69. The summed E-state index contributed by atoms with van der Waals surface area (Å²) in [7, 11) is -0.517. The Labute approximate surface area is 178 Å². The number of ether oxygens (including phenoxy) is 1. The van der Waals surface area contributed by atoms with Crippen molar-refractivity contribution < 1.29 is 23.9 Å². The number of carbonyl (C=O) groups excluding carboxylic acids is 2. The molecule has 1 rings (SSSR count). The van der Waals surface area contributed by atoms with Gasteiger partial charge in [-0.15, -0.1) is 0 Å². The van der Waals surface area contributed by atoms with Crippen molar-refractivity contribution >= 4 is 20.1 Å².